The van der Waals surface area contributed by atoms with Crippen LogP contribution in [0, 0.1) is 0 Å². The number of anilines is 7. The third-order valence-corrected chi connectivity index (χ3v) is 11.9. The molecule has 0 spiro atoms. The Morgan fingerprint density at radius 3 is 2.00 bits per heavy atom. The van der Waals surface area contributed by atoms with E-state index in [4.69, 9.17) is 0 Å². The van der Waals surface area contributed by atoms with Crippen LogP contribution in [0.25, 0.3) is 10.4 Å². The van der Waals surface area contributed by atoms with Crippen LogP contribution in [-0.4, -0.2) is 12.4 Å². The molecule has 4 aliphatic rings. The summed E-state index contributed by atoms with van der Waals surface area (Å²) in [6.45, 7) is 9.73. The number of hydrogen-bond donors (Lipinski definition) is 0. The maximum absolute atomic E-state index is 2.62. The summed E-state index contributed by atoms with van der Waals surface area (Å²) >= 11 is 2.02. The van der Waals surface area contributed by atoms with Crippen molar-refractivity contribution in [3.63, 3.8) is 0 Å². The number of nitrogens with zero attached hydrogens (tertiary/aromatic N) is 3. The molecule has 0 bridgehead atoms. The second-order valence-electron chi connectivity index (χ2n) is 13.7. The Bertz CT molecular complexity index is 2200. The fraction of sp³-hybridized carbons (Fsp3) is 0.150. The molecule has 5 heteroatoms. The zero-order valence-corrected chi connectivity index (χ0v) is 26.7. The van der Waals surface area contributed by atoms with Crippen molar-refractivity contribution < 1.29 is 0 Å². The molecule has 45 heavy (non-hydrogen) atoms. The van der Waals surface area contributed by atoms with E-state index in [-0.39, 0.29) is 17.8 Å². The topological polar surface area (TPSA) is 9.72 Å². The van der Waals surface area contributed by atoms with Crippen molar-refractivity contribution in [2.45, 2.75) is 38.8 Å². The maximum atomic E-state index is 2.62. The van der Waals surface area contributed by atoms with Gasteiger partial charge in [-0.3, -0.25) is 0 Å². The summed E-state index contributed by atoms with van der Waals surface area (Å²) in [5, 5.41) is 0. The zero-order chi connectivity index (χ0) is 30.2. The van der Waals surface area contributed by atoms with Gasteiger partial charge in [-0.2, -0.15) is 0 Å². The molecule has 0 saturated carbocycles. The molecule has 1 aromatic heterocycles. The predicted molar refractivity (Wildman–Crippen MR) is 192 cm³/mol. The Hall–Kier alpha value is -4.74. The van der Waals surface area contributed by atoms with E-state index in [0.717, 1.165) is 0 Å². The molecule has 4 heterocycles. The first-order chi connectivity index (χ1) is 21.9. The zero-order valence-electron chi connectivity index (χ0n) is 25.9. The molecule has 0 amide bonds. The van der Waals surface area contributed by atoms with Gasteiger partial charge in [0.05, 0.1) is 17.1 Å². The lowest BCUT2D eigenvalue weighted by Crippen LogP contribution is -2.63. The molecule has 216 valence electrons. The van der Waals surface area contributed by atoms with E-state index < -0.39 is 0 Å². The van der Waals surface area contributed by atoms with Crippen LogP contribution in [0.3, 0.4) is 0 Å². The summed E-state index contributed by atoms with van der Waals surface area (Å²) in [5.74, 6) is 0. The lowest BCUT2D eigenvalue weighted by atomic mass is 9.36. The van der Waals surface area contributed by atoms with Crippen molar-refractivity contribution in [1.29, 1.82) is 0 Å². The van der Waals surface area contributed by atoms with Gasteiger partial charge in [-0.1, -0.05) is 92.7 Å². The summed E-state index contributed by atoms with van der Waals surface area (Å²) in [7, 11) is 0. The van der Waals surface area contributed by atoms with Crippen LogP contribution in [0.2, 0.25) is 0 Å². The van der Waals surface area contributed by atoms with Crippen LogP contribution in [0.4, 0.5) is 39.8 Å². The van der Waals surface area contributed by atoms with E-state index in [2.05, 4.69) is 164 Å². The molecule has 3 nitrogen and oxygen atoms in total. The van der Waals surface area contributed by atoms with Gasteiger partial charge >= 0.3 is 0 Å². The second-order valence-corrected chi connectivity index (χ2v) is 14.8. The largest absolute Gasteiger partial charge is 0.317 e. The molecule has 3 aliphatic heterocycles. The third kappa shape index (κ3) is 3.02. The molecule has 10 rings (SSSR count). The molecule has 0 fully saturated rings. The van der Waals surface area contributed by atoms with Crippen molar-refractivity contribution >= 4 is 73.6 Å². The monoisotopic (exact) mass is 597 g/mol. The first kappa shape index (κ1) is 25.6. The minimum Gasteiger partial charge on any atom is -0.317 e. The van der Waals surface area contributed by atoms with Crippen molar-refractivity contribution in [2.75, 3.05) is 14.7 Å². The Labute approximate surface area is 269 Å². The Morgan fingerprint density at radius 1 is 0.578 bits per heavy atom. The van der Waals surface area contributed by atoms with Crippen molar-refractivity contribution in [3.05, 3.63) is 132 Å². The molecule has 1 aliphatic carbocycles. The van der Waals surface area contributed by atoms with Crippen LogP contribution in [0.15, 0.2) is 121 Å². The van der Waals surface area contributed by atoms with E-state index >= 15 is 0 Å². The van der Waals surface area contributed by atoms with Crippen molar-refractivity contribution in [2.24, 2.45) is 0 Å². The minimum atomic E-state index is -0.310. The molecular formula is C40H32BN3S. The summed E-state index contributed by atoms with van der Waals surface area (Å²) in [5.41, 5.74) is 15.7. The van der Waals surface area contributed by atoms with E-state index in [1.165, 1.54) is 77.1 Å². The van der Waals surface area contributed by atoms with Gasteiger partial charge in [0, 0.05) is 43.4 Å². The third-order valence-electron chi connectivity index (χ3n) is 10.6. The molecule has 0 saturated heterocycles. The smallest absolute Gasteiger partial charge is 0.264 e. The molecule has 6 aromatic rings. The first-order valence-electron chi connectivity index (χ1n) is 15.9. The van der Waals surface area contributed by atoms with E-state index in [1.54, 1.807) is 0 Å². The van der Waals surface area contributed by atoms with Gasteiger partial charge in [0.15, 0.2) is 0 Å². The lowest BCUT2D eigenvalue weighted by molar-refractivity contribution is 0.541. The van der Waals surface area contributed by atoms with Gasteiger partial charge in [-0.25, -0.2) is 0 Å². The second kappa shape index (κ2) is 8.50. The van der Waals surface area contributed by atoms with Gasteiger partial charge in [-0.05, 0) is 78.4 Å². The Kier molecular flexibility index (Phi) is 4.83. The number of benzene rings is 5. The molecule has 0 atom stereocenters. The number of thiophene rings is 1. The average Bonchev–Trinajstić information content (AvgIpc) is 3.64. The SMILES string of the molecule is CC1(C)c2ccccc2-c2sc3c(c21)N(c1ccccc1)c1cccc2c1B3c1cccc3c1N2C(C)(C)N3c1ccccc1. The van der Waals surface area contributed by atoms with Crippen molar-refractivity contribution in [1.82, 2.24) is 0 Å². The highest BCUT2D eigenvalue weighted by Crippen LogP contribution is 2.59. The number of hydrogen-bond acceptors (Lipinski definition) is 4. The van der Waals surface area contributed by atoms with Crippen LogP contribution in [-0.2, 0) is 5.41 Å². The van der Waals surface area contributed by atoms with Gasteiger partial charge in [0.25, 0.3) is 6.71 Å². The Morgan fingerprint density at radius 2 is 1.22 bits per heavy atom. The molecule has 0 unspecified atom stereocenters. The summed E-state index contributed by atoms with van der Waals surface area (Å²) in [4.78, 5) is 9.17. The van der Waals surface area contributed by atoms with Crippen molar-refractivity contribution in [3.8, 4) is 10.4 Å². The van der Waals surface area contributed by atoms with Crippen LogP contribution in [0.5, 0.6) is 0 Å². The quantitative estimate of drug-likeness (QED) is 0.185. The van der Waals surface area contributed by atoms with Crippen LogP contribution in [0.1, 0.15) is 38.8 Å². The number of fused-ring (bicyclic) bond motifs is 8. The van der Waals surface area contributed by atoms with Crippen LogP contribution >= 0.6 is 11.3 Å². The highest BCUT2D eigenvalue weighted by molar-refractivity contribution is 7.31. The summed E-state index contributed by atoms with van der Waals surface area (Å²) in [6.07, 6.45) is 0. The fourth-order valence-electron chi connectivity index (χ4n) is 8.93. The van der Waals surface area contributed by atoms with Crippen LogP contribution < -0.4 is 30.4 Å². The van der Waals surface area contributed by atoms with Gasteiger partial charge in [0.2, 0.25) is 0 Å². The highest BCUT2D eigenvalue weighted by atomic mass is 32.1. The fourth-order valence-corrected chi connectivity index (χ4v) is 10.5. The molecule has 5 aromatic carbocycles. The van der Waals surface area contributed by atoms with E-state index in [1.807, 2.05) is 11.3 Å². The van der Waals surface area contributed by atoms with Gasteiger partial charge in [-0.15, -0.1) is 11.3 Å². The summed E-state index contributed by atoms with van der Waals surface area (Å²) in [6, 6.07) is 44.9. The molecule has 0 N–H and O–H groups in total. The molecular weight excluding hydrogens is 565 g/mol. The van der Waals surface area contributed by atoms with E-state index in [9.17, 15) is 0 Å². The maximum Gasteiger partial charge on any atom is 0.264 e. The van der Waals surface area contributed by atoms with Gasteiger partial charge < -0.3 is 14.7 Å². The predicted octanol–water partition coefficient (Wildman–Crippen LogP) is 8.69. The summed E-state index contributed by atoms with van der Waals surface area (Å²) < 4.78 is 1.45. The Balaban J connectivity index is 1.32. The standard InChI is InChI=1S/C40H32BN3S/c1-39(2)28-20-12-11-19-27(28)37-33(39)36-38(45-37)41-29-21-13-24-32-35(29)44(40(3,4)43(32)26-17-9-6-10-18-26)31-23-14-22-30(34(31)41)42(36)25-15-7-5-8-16-25/h5-24H,1-4H3. The minimum absolute atomic E-state index is 0.108. The number of rotatable bonds is 2. The van der Waals surface area contributed by atoms with E-state index in [0.29, 0.717) is 0 Å². The average molecular weight is 598 g/mol. The molecule has 0 radical (unpaired) electrons. The normalized spacial score (nSPS) is 17.1. The van der Waals surface area contributed by atoms with Gasteiger partial charge in [0.1, 0.15) is 5.66 Å². The first-order valence-corrected chi connectivity index (χ1v) is 16.7. The lowest BCUT2D eigenvalue weighted by Gasteiger charge is -2.46. The number of para-hydroxylation sites is 3. The highest BCUT2D eigenvalue weighted by Gasteiger charge is 2.55.